The third-order valence-electron chi connectivity index (χ3n) is 4.80. The van der Waals surface area contributed by atoms with Gasteiger partial charge in [0.15, 0.2) is 0 Å². The average molecular weight is 395 g/mol. The number of nitrogens with one attached hydrogen (secondary N) is 3. The second kappa shape index (κ2) is 7.85. The van der Waals surface area contributed by atoms with Gasteiger partial charge in [-0.25, -0.2) is 4.98 Å². The Labute approximate surface area is 166 Å². The number of rotatable bonds is 6. The van der Waals surface area contributed by atoms with E-state index in [-0.39, 0.29) is 5.56 Å². The van der Waals surface area contributed by atoms with Crippen LogP contribution in [0.3, 0.4) is 0 Å². The van der Waals surface area contributed by atoms with Gasteiger partial charge in [-0.15, -0.1) is 0 Å². The maximum Gasteiger partial charge on any atom is 0.260 e. The number of benzene rings is 1. The summed E-state index contributed by atoms with van der Waals surface area (Å²) in [4.78, 5) is 18.3. The lowest BCUT2D eigenvalue weighted by molar-refractivity contribution is 0.414. The molecule has 0 saturated carbocycles. The minimum Gasteiger partial charge on any atom is -0.496 e. The second-order valence-corrected chi connectivity index (χ2v) is 7.43. The van der Waals surface area contributed by atoms with Gasteiger partial charge in [0.05, 0.1) is 18.4 Å². The van der Waals surface area contributed by atoms with E-state index in [4.69, 9.17) is 10.1 Å². The molecule has 7 nitrogen and oxygen atoms in total. The first-order valence-corrected chi connectivity index (χ1v) is 9.89. The highest BCUT2D eigenvalue weighted by Crippen LogP contribution is 2.35. The fourth-order valence-electron chi connectivity index (χ4n) is 3.38. The van der Waals surface area contributed by atoms with E-state index >= 15 is 0 Å². The third-order valence-corrected chi connectivity index (χ3v) is 5.54. The number of nitrogens with zero attached hydrogens (tertiary/aromatic N) is 2. The van der Waals surface area contributed by atoms with Crippen molar-refractivity contribution >= 4 is 34.3 Å². The van der Waals surface area contributed by atoms with Crippen LogP contribution in [0.5, 0.6) is 5.75 Å². The predicted octanol–water partition coefficient (Wildman–Crippen LogP) is 3.85. The van der Waals surface area contributed by atoms with Crippen molar-refractivity contribution in [2.75, 3.05) is 30.4 Å². The van der Waals surface area contributed by atoms with E-state index in [0.29, 0.717) is 22.0 Å². The molecule has 3 aromatic rings. The minimum atomic E-state index is -0.159. The van der Waals surface area contributed by atoms with Gasteiger partial charge in [-0.1, -0.05) is 0 Å². The Morgan fingerprint density at radius 3 is 2.68 bits per heavy atom. The van der Waals surface area contributed by atoms with E-state index in [1.807, 2.05) is 24.4 Å². The maximum absolute atomic E-state index is 11.4. The lowest BCUT2D eigenvalue weighted by atomic mass is 10.0. The molecule has 1 aliphatic heterocycles. The Kier molecular flexibility index (Phi) is 5.12. The number of hydrogen-bond acceptors (Lipinski definition) is 7. The summed E-state index contributed by atoms with van der Waals surface area (Å²) in [6.07, 6.45) is 5.54. The van der Waals surface area contributed by atoms with Crippen molar-refractivity contribution in [3.8, 4) is 16.9 Å². The van der Waals surface area contributed by atoms with Crippen LogP contribution >= 0.6 is 11.5 Å². The van der Waals surface area contributed by atoms with Crippen molar-refractivity contribution in [3.05, 3.63) is 52.4 Å². The van der Waals surface area contributed by atoms with Crippen molar-refractivity contribution in [2.24, 2.45) is 0 Å². The molecule has 1 aromatic carbocycles. The van der Waals surface area contributed by atoms with E-state index in [9.17, 15) is 4.79 Å². The zero-order valence-corrected chi connectivity index (χ0v) is 16.3. The number of ether oxygens (including phenoxy) is 1. The molecule has 4 rings (SSSR count). The van der Waals surface area contributed by atoms with Crippen LogP contribution in [0.1, 0.15) is 18.4 Å². The lowest BCUT2D eigenvalue weighted by Crippen LogP contribution is -2.18. The zero-order chi connectivity index (χ0) is 19.5. The Balaban J connectivity index is 1.70. The SMILES string of the molecule is COc1cc(-c2ccc(N3CCCC3)nc2)cc(Nc2cc(=O)[nH]s2)c1C=N. The quantitative estimate of drug-likeness (QED) is 0.551. The summed E-state index contributed by atoms with van der Waals surface area (Å²) in [6.45, 7) is 2.11. The monoisotopic (exact) mass is 395 g/mol. The van der Waals surface area contributed by atoms with Crippen molar-refractivity contribution in [3.63, 3.8) is 0 Å². The topological polar surface area (TPSA) is 94.1 Å². The molecule has 0 amide bonds. The molecular formula is C20H21N5O2S. The van der Waals surface area contributed by atoms with Crippen molar-refractivity contribution in [1.29, 1.82) is 5.41 Å². The highest BCUT2D eigenvalue weighted by Gasteiger charge is 2.15. The molecule has 0 bridgehead atoms. The van der Waals surface area contributed by atoms with Crippen LogP contribution in [0.25, 0.3) is 11.1 Å². The normalized spacial score (nSPS) is 13.5. The molecule has 8 heteroatoms. The fraction of sp³-hybridized carbons (Fsp3) is 0.250. The standard InChI is InChI=1S/C20H21N5O2S/c1-27-17-9-14(13-4-5-18(22-12-13)25-6-2-3-7-25)8-16(15(17)11-21)23-20-10-19(26)24-28-20/h4-5,8-12,21,23H,2-3,6-7H2,1H3,(H,24,26). The van der Waals surface area contributed by atoms with Crippen LogP contribution in [-0.4, -0.2) is 35.8 Å². The molecule has 1 saturated heterocycles. The molecular weight excluding hydrogens is 374 g/mol. The van der Waals surface area contributed by atoms with E-state index in [2.05, 4.69) is 25.6 Å². The van der Waals surface area contributed by atoms with Crippen LogP contribution in [0, 0.1) is 5.41 Å². The first-order chi connectivity index (χ1) is 13.7. The maximum atomic E-state index is 11.4. The molecule has 3 heterocycles. The van der Waals surface area contributed by atoms with E-state index in [0.717, 1.165) is 30.0 Å². The first-order valence-electron chi connectivity index (χ1n) is 9.07. The summed E-state index contributed by atoms with van der Waals surface area (Å²) >= 11 is 1.21. The summed E-state index contributed by atoms with van der Waals surface area (Å²) in [5.41, 5.74) is 3.04. The number of pyridine rings is 1. The number of aromatic nitrogens is 2. The molecule has 2 aromatic heterocycles. The van der Waals surface area contributed by atoms with Gasteiger partial charge in [0.25, 0.3) is 5.56 Å². The van der Waals surface area contributed by atoms with E-state index in [1.54, 1.807) is 7.11 Å². The summed E-state index contributed by atoms with van der Waals surface area (Å²) in [5.74, 6) is 1.58. The second-order valence-electron chi connectivity index (χ2n) is 6.59. The average Bonchev–Trinajstić information content (AvgIpc) is 3.39. The molecule has 3 N–H and O–H groups in total. The Morgan fingerprint density at radius 1 is 1.25 bits per heavy atom. The molecule has 0 spiro atoms. The molecule has 0 aliphatic carbocycles. The van der Waals surface area contributed by atoms with Gasteiger partial charge in [0.1, 0.15) is 16.6 Å². The Morgan fingerprint density at radius 2 is 2.07 bits per heavy atom. The van der Waals surface area contributed by atoms with E-state index < -0.39 is 0 Å². The van der Waals surface area contributed by atoms with Gasteiger partial charge in [0.2, 0.25) is 0 Å². The number of anilines is 3. The van der Waals surface area contributed by atoms with Crippen molar-refractivity contribution in [1.82, 2.24) is 9.36 Å². The van der Waals surface area contributed by atoms with Crippen LogP contribution in [0.4, 0.5) is 16.5 Å². The smallest absolute Gasteiger partial charge is 0.260 e. The molecule has 1 aliphatic rings. The summed E-state index contributed by atoms with van der Waals surface area (Å²) in [5, 5.41) is 11.7. The summed E-state index contributed by atoms with van der Waals surface area (Å²) in [7, 11) is 1.58. The van der Waals surface area contributed by atoms with Crippen LogP contribution in [0.2, 0.25) is 0 Å². The number of methoxy groups -OCH3 is 1. The van der Waals surface area contributed by atoms with Crippen LogP contribution in [-0.2, 0) is 0 Å². The number of H-pyrrole nitrogens is 1. The third kappa shape index (κ3) is 3.63. The Hall–Kier alpha value is -3.13. The van der Waals surface area contributed by atoms with Gasteiger partial charge in [-0.2, -0.15) is 0 Å². The van der Waals surface area contributed by atoms with Gasteiger partial charge in [-0.3, -0.25) is 9.17 Å². The first kappa shape index (κ1) is 18.2. The zero-order valence-electron chi connectivity index (χ0n) is 15.5. The van der Waals surface area contributed by atoms with Gasteiger partial charge in [-0.05, 0) is 54.2 Å². The highest BCUT2D eigenvalue weighted by atomic mass is 32.1. The van der Waals surface area contributed by atoms with E-state index in [1.165, 1.54) is 36.7 Å². The fourth-order valence-corrected chi connectivity index (χ4v) is 3.98. The molecule has 0 radical (unpaired) electrons. The predicted molar refractivity (Wildman–Crippen MR) is 114 cm³/mol. The van der Waals surface area contributed by atoms with Gasteiger partial charge < -0.3 is 20.4 Å². The molecule has 0 atom stereocenters. The molecule has 0 unspecified atom stereocenters. The van der Waals surface area contributed by atoms with Crippen LogP contribution in [0.15, 0.2) is 41.3 Å². The Bertz CT molecular complexity index is 1040. The van der Waals surface area contributed by atoms with Crippen molar-refractivity contribution < 1.29 is 4.74 Å². The highest BCUT2D eigenvalue weighted by molar-refractivity contribution is 7.10. The van der Waals surface area contributed by atoms with Gasteiger partial charge in [0, 0.05) is 37.1 Å². The molecule has 144 valence electrons. The van der Waals surface area contributed by atoms with Crippen LogP contribution < -0.4 is 20.5 Å². The largest absolute Gasteiger partial charge is 0.496 e. The summed E-state index contributed by atoms with van der Waals surface area (Å²) in [6, 6.07) is 9.43. The lowest BCUT2D eigenvalue weighted by Gasteiger charge is -2.17. The van der Waals surface area contributed by atoms with Crippen molar-refractivity contribution in [2.45, 2.75) is 12.8 Å². The minimum absolute atomic E-state index is 0.159. The summed E-state index contributed by atoms with van der Waals surface area (Å²) < 4.78 is 8.16. The van der Waals surface area contributed by atoms with Gasteiger partial charge >= 0.3 is 0 Å². The molecule has 1 fully saturated rings. The number of aromatic amines is 1. The number of hydrogen-bond donors (Lipinski definition) is 3. The molecule has 28 heavy (non-hydrogen) atoms.